The molecule has 0 radical (unpaired) electrons. The lowest BCUT2D eigenvalue weighted by Crippen LogP contribution is -2.02. The minimum atomic E-state index is -4.09. The molecule has 2 N–H and O–H groups in total. The molecule has 0 bridgehead atoms. The van der Waals surface area contributed by atoms with Crippen LogP contribution in [0.3, 0.4) is 0 Å². The van der Waals surface area contributed by atoms with Crippen LogP contribution in [0.5, 0.6) is 0 Å². The number of hydrogen-bond acceptors (Lipinski definition) is 2. The summed E-state index contributed by atoms with van der Waals surface area (Å²) in [5.41, 5.74) is 0. The summed E-state index contributed by atoms with van der Waals surface area (Å²) in [5.74, 6) is 0. The van der Waals surface area contributed by atoms with E-state index in [-0.39, 0.29) is 5.03 Å². The Kier molecular flexibility index (Phi) is 4.75. The number of hydrogen-bond donors (Lipinski definition) is 2. The van der Waals surface area contributed by atoms with Crippen molar-refractivity contribution >= 4 is 31.0 Å². The monoisotopic (exact) mass is 216 g/mol. The lowest BCUT2D eigenvalue weighted by Gasteiger charge is -2.14. The van der Waals surface area contributed by atoms with E-state index < -0.39 is 12.6 Å². The summed E-state index contributed by atoms with van der Waals surface area (Å²) in [7, 11) is -4.09. The van der Waals surface area contributed by atoms with Gasteiger partial charge in [0.25, 0.3) is 0 Å². The van der Waals surface area contributed by atoms with Gasteiger partial charge in [-0.3, -0.25) is 4.57 Å². The highest BCUT2D eigenvalue weighted by molar-refractivity contribution is 8.05. The molecule has 0 rings (SSSR count). The Labute approximate surface area is 75.0 Å². The molecule has 0 aliphatic carbocycles. The highest BCUT2D eigenvalue weighted by Gasteiger charge is 2.30. The molecule has 0 amide bonds. The summed E-state index contributed by atoms with van der Waals surface area (Å²) in [6.07, 6.45) is 3.09. The van der Waals surface area contributed by atoms with Gasteiger partial charge in [-0.15, -0.1) is 11.8 Å². The van der Waals surface area contributed by atoms with Crippen LogP contribution in [0.1, 0.15) is 6.92 Å². The van der Waals surface area contributed by atoms with Gasteiger partial charge < -0.3 is 9.79 Å². The topological polar surface area (TPSA) is 57.5 Å². The summed E-state index contributed by atoms with van der Waals surface area (Å²) in [6, 6.07) is 0. The van der Waals surface area contributed by atoms with Crippen LogP contribution < -0.4 is 0 Å². The van der Waals surface area contributed by atoms with Crippen molar-refractivity contribution in [3.8, 4) is 0 Å². The maximum atomic E-state index is 10.7. The van der Waals surface area contributed by atoms with Crippen LogP contribution in [0, 0.1) is 0 Å². The zero-order chi connectivity index (χ0) is 9.07. The fourth-order valence-electron chi connectivity index (χ4n) is 0.553. The van der Waals surface area contributed by atoms with E-state index in [2.05, 4.69) is 0 Å². The predicted molar refractivity (Wildman–Crippen MR) is 49.0 cm³/mol. The molecular weight excluding hydrogens is 207 g/mol. The smallest absolute Gasteiger partial charge is 0.323 e. The molecule has 66 valence electrons. The summed E-state index contributed by atoms with van der Waals surface area (Å²) in [4.78, 5) is 16.6. The first kappa shape index (κ1) is 11.5. The maximum Gasteiger partial charge on any atom is 0.343 e. The Morgan fingerprint density at radius 3 is 2.27 bits per heavy atom. The van der Waals surface area contributed by atoms with E-state index >= 15 is 0 Å². The summed E-state index contributed by atoms with van der Waals surface area (Å²) in [6.45, 7) is 1.64. The Morgan fingerprint density at radius 1 is 1.73 bits per heavy atom. The SMILES string of the molecule is C/C=C(\Cl)C(SC)P(=O)(O)O. The first-order chi connectivity index (χ1) is 4.93. The number of halogens is 1. The summed E-state index contributed by atoms with van der Waals surface area (Å²) >= 11 is 6.61. The second-order valence-electron chi connectivity index (χ2n) is 1.85. The van der Waals surface area contributed by atoms with Crippen molar-refractivity contribution in [2.75, 3.05) is 6.26 Å². The van der Waals surface area contributed by atoms with Crippen molar-refractivity contribution < 1.29 is 14.4 Å². The van der Waals surface area contributed by atoms with Gasteiger partial charge >= 0.3 is 7.60 Å². The number of allylic oxidation sites excluding steroid dienone is 1. The third kappa shape index (κ3) is 3.63. The summed E-state index contributed by atoms with van der Waals surface area (Å²) in [5, 5.41) is 0.200. The van der Waals surface area contributed by atoms with Gasteiger partial charge in [-0.1, -0.05) is 17.7 Å². The van der Waals surface area contributed by atoms with Crippen LogP contribution in [0.2, 0.25) is 0 Å². The quantitative estimate of drug-likeness (QED) is 0.709. The number of rotatable bonds is 3. The molecule has 3 nitrogen and oxygen atoms in total. The van der Waals surface area contributed by atoms with Gasteiger partial charge in [0, 0.05) is 5.03 Å². The minimum Gasteiger partial charge on any atom is -0.323 e. The van der Waals surface area contributed by atoms with Crippen LogP contribution in [0.4, 0.5) is 0 Å². The fourth-order valence-corrected chi connectivity index (χ4v) is 3.13. The van der Waals surface area contributed by atoms with Crippen molar-refractivity contribution in [3.05, 3.63) is 11.1 Å². The Morgan fingerprint density at radius 2 is 2.18 bits per heavy atom. The molecule has 0 saturated carbocycles. The van der Waals surface area contributed by atoms with E-state index in [9.17, 15) is 4.57 Å². The van der Waals surface area contributed by atoms with Crippen LogP contribution >= 0.6 is 31.0 Å². The second-order valence-corrected chi connectivity index (χ2v) is 5.27. The molecule has 6 heteroatoms. The van der Waals surface area contributed by atoms with E-state index in [1.54, 1.807) is 13.2 Å². The Hall–Kier alpha value is 0.530. The van der Waals surface area contributed by atoms with Crippen molar-refractivity contribution in [3.63, 3.8) is 0 Å². The largest absolute Gasteiger partial charge is 0.343 e. The minimum absolute atomic E-state index is 0.200. The first-order valence-electron chi connectivity index (χ1n) is 2.83. The lowest BCUT2D eigenvalue weighted by atomic mass is 10.6. The standard InChI is InChI=1S/C5H10ClO3PS/c1-3-4(6)5(11-2)10(7,8)9/h3,5H,1-2H3,(H2,7,8,9)/b4-3-. The molecule has 0 saturated heterocycles. The van der Waals surface area contributed by atoms with Gasteiger partial charge in [-0.25, -0.2) is 0 Å². The van der Waals surface area contributed by atoms with Crippen LogP contribution in [-0.4, -0.2) is 21.0 Å². The average Bonchev–Trinajstić information content (AvgIpc) is 1.86. The molecule has 0 aliphatic heterocycles. The Bertz CT molecular complexity index is 200. The average molecular weight is 217 g/mol. The maximum absolute atomic E-state index is 10.7. The molecular formula is C5H10ClO3PS. The van der Waals surface area contributed by atoms with Crippen molar-refractivity contribution in [2.24, 2.45) is 0 Å². The highest BCUT2D eigenvalue weighted by atomic mass is 35.5. The molecule has 1 unspecified atom stereocenters. The molecule has 11 heavy (non-hydrogen) atoms. The van der Waals surface area contributed by atoms with Gasteiger partial charge in [-0.2, -0.15) is 0 Å². The lowest BCUT2D eigenvalue weighted by molar-refractivity contribution is 0.374. The van der Waals surface area contributed by atoms with Gasteiger partial charge in [0.15, 0.2) is 0 Å². The third-order valence-electron chi connectivity index (χ3n) is 1.04. The van der Waals surface area contributed by atoms with E-state index in [1.807, 2.05) is 0 Å². The van der Waals surface area contributed by atoms with Crippen LogP contribution in [0.25, 0.3) is 0 Å². The van der Waals surface area contributed by atoms with Gasteiger partial charge in [0.1, 0.15) is 4.99 Å². The van der Waals surface area contributed by atoms with Crippen LogP contribution in [-0.2, 0) is 4.57 Å². The third-order valence-corrected chi connectivity index (χ3v) is 4.80. The van der Waals surface area contributed by atoms with Crippen molar-refractivity contribution in [1.82, 2.24) is 0 Å². The normalized spacial score (nSPS) is 16.6. The first-order valence-corrected chi connectivity index (χ1v) is 6.18. The summed E-state index contributed by atoms with van der Waals surface area (Å²) < 4.78 is 10.7. The number of thioether (sulfide) groups is 1. The van der Waals surface area contributed by atoms with Gasteiger partial charge in [-0.05, 0) is 13.2 Å². The molecule has 0 fully saturated rings. The van der Waals surface area contributed by atoms with E-state index in [4.69, 9.17) is 21.4 Å². The molecule has 0 heterocycles. The fraction of sp³-hybridized carbons (Fsp3) is 0.600. The molecule has 0 spiro atoms. The molecule has 0 aromatic heterocycles. The second kappa shape index (κ2) is 4.53. The molecule has 0 aliphatic rings. The molecule has 1 atom stereocenters. The van der Waals surface area contributed by atoms with Crippen molar-refractivity contribution in [1.29, 1.82) is 0 Å². The van der Waals surface area contributed by atoms with E-state index in [0.717, 1.165) is 11.8 Å². The van der Waals surface area contributed by atoms with Crippen molar-refractivity contribution in [2.45, 2.75) is 11.9 Å². The van der Waals surface area contributed by atoms with Crippen LogP contribution in [0.15, 0.2) is 11.1 Å². The zero-order valence-corrected chi connectivity index (χ0v) is 8.66. The highest BCUT2D eigenvalue weighted by Crippen LogP contribution is 2.50. The van der Waals surface area contributed by atoms with E-state index in [0.29, 0.717) is 0 Å². The molecule has 0 aromatic carbocycles. The van der Waals surface area contributed by atoms with E-state index in [1.165, 1.54) is 6.08 Å². The van der Waals surface area contributed by atoms with Gasteiger partial charge in [0.05, 0.1) is 0 Å². The molecule has 0 aromatic rings. The zero-order valence-electron chi connectivity index (χ0n) is 6.19. The predicted octanol–water partition coefficient (Wildman–Crippen LogP) is 2.00. The van der Waals surface area contributed by atoms with Gasteiger partial charge in [0.2, 0.25) is 0 Å². The Balaban J connectivity index is 4.56.